The van der Waals surface area contributed by atoms with E-state index in [-0.39, 0.29) is 5.91 Å². The van der Waals surface area contributed by atoms with Gasteiger partial charge in [0.2, 0.25) is 5.91 Å². The Hall–Kier alpha value is -0.870. The van der Waals surface area contributed by atoms with Crippen molar-refractivity contribution in [2.45, 2.75) is 39.7 Å². The summed E-state index contributed by atoms with van der Waals surface area (Å²) >= 11 is 0. The van der Waals surface area contributed by atoms with Gasteiger partial charge in [-0.1, -0.05) is 13.0 Å². The first-order chi connectivity index (χ1) is 8.33. The van der Waals surface area contributed by atoms with E-state index in [1.54, 1.807) is 0 Å². The molecule has 1 aliphatic heterocycles. The van der Waals surface area contributed by atoms with Crippen molar-refractivity contribution < 1.29 is 9.90 Å². The number of aliphatic hydroxyl groups is 1. The highest BCUT2D eigenvalue weighted by Crippen LogP contribution is 2.11. The van der Waals surface area contributed by atoms with Crippen LogP contribution in [0.25, 0.3) is 0 Å². The molecule has 0 saturated carbocycles. The zero-order valence-corrected chi connectivity index (χ0v) is 12.1. The van der Waals surface area contributed by atoms with E-state index in [9.17, 15) is 9.90 Å². The van der Waals surface area contributed by atoms with Crippen LogP contribution in [0.1, 0.15) is 34.1 Å². The second-order valence-corrected chi connectivity index (χ2v) is 5.68. The number of β-amino-alcohol motifs (C(OH)–C–C–N with tert-alkyl or cyclic N) is 1. The maximum Gasteiger partial charge on any atom is 0.249 e. The summed E-state index contributed by atoms with van der Waals surface area (Å²) in [5.41, 5.74) is 0.179. The molecule has 1 amide bonds. The Labute approximate surface area is 110 Å². The second-order valence-electron chi connectivity index (χ2n) is 5.68. The summed E-state index contributed by atoms with van der Waals surface area (Å²) in [6.07, 6.45) is 2.88. The summed E-state index contributed by atoms with van der Waals surface area (Å²) in [6, 6.07) is 0. The number of piperazine rings is 1. The van der Waals surface area contributed by atoms with Crippen molar-refractivity contribution in [2.24, 2.45) is 0 Å². The van der Waals surface area contributed by atoms with Crippen LogP contribution in [0.15, 0.2) is 11.6 Å². The van der Waals surface area contributed by atoms with Crippen molar-refractivity contribution >= 4 is 5.91 Å². The molecule has 0 aromatic heterocycles. The molecule has 1 N–H and O–H groups in total. The van der Waals surface area contributed by atoms with Crippen molar-refractivity contribution in [1.29, 1.82) is 0 Å². The molecule has 1 aliphatic rings. The largest absolute Gasteiger partial charge is 0.389 e. The lowest BCUT2D eigenvalue weighted by Crippen LogP contribution is -2.52. The average Bonchev–Trinajstić information content (AvgIpc) is 2.27. The van der Waals surface area contributed by atoms with E-state index in [1.165, 1.54) is 0 Å². The fourth-order valence-corrected chi connectivity index (χ4v) is 2.30. The monoisotopic (exact) mass is 254 g/mol. The highest BCUT2D eigenvalue weighted by molar-refractivity contribution is 5.92. The first-order valence-corrected chi connectivity index (χ1v) is 6.74. The average molecular weight is 254 g/mol. The lowest BCUT2D eigenvalue weighted by atomic mass is 10.1. The summed E-state index contributed by atoms with van der Waals surface area (Å²) < 4.78 is 0. The molecule has 0 bridgehead atoms. The third kappa shape index (κ3) is 4.78. The van der Waals surface area contributed by atoms with Gasteiger partial charge >= 0.3 is 0 Å². The van der Waals surface area contributed by atoms with Crippen molar-refractivity contribution in [3.63, 3.8) is 0 Å². The predicted molar refractivity (Wildman–Crippen MR) is 73.4 cm³/mol. The first kappa shape index (κ1) is 15.2. The number of amides is 1. The molecule has 0 radical (unpaired) electrons. The normalized spacial score (nSPS) is 19.2. The Balaban J connectivity index is 2.44. The molecule has 0 aromatic carbocycles. The number of nitrogens with zero attached hydrogens (tertiary/aromatic N) is 2. The van der Waals surface area contributed by atoms with Crippen molar-refractivity contribution in [1.82, 2.24) is 9.80 Å². The zero-order chi connectivity index (χ0) is 13.8. The van der Waals surface area contributed by atoms with Crippen LogP contribution in [0.4, 0.5) is 0 Å². The number of rotatable bonds is 4. The fourth-order valence-electron chi connectivity index (χ4n) is 2.30. The first-order valence-electron chi connectivity index (χ1n) is 6.74. The van der Waals surface area contributed by atoms with Crippen LogP contribution in [-0.4, -0.2) is 59.1 Å². The molecule has 4 nitrogen and oxygen atoms in total. The van der Waals surface area contributed by atoms with E-state index in [4.69, 9.17) is 0 Å². The molecule has 0 aliphatic carbocycles. The molecule has 0 spiro atoms. The minimum absolute atomic E-state index is 0.153. The van der Waals surface area contributed by atoms with Crippen LogP contribution in [0.5, 0.6) is 0 Å². The van der Waals surface area contributed by atoms with Gasteiger partial charge in [-0.05, 0) is 27.2 Å². The maximum absolute atomic E-state index is 12.1. The van der Waals surface area contributed by atoms with Crippen molar-refractivity contribution in [2.75, 3.05) is 32.7 Å². The number of allylic oxidation sites excluding steroid dienone is 1. The summed E-state index contributed by atoms with van der Waals surface area (Å²) in [5, 5.41) is 9.77. The van der Waals surface area contributed by atoms with Crippen LogP contribution in [0.3, 0.4) is 0 Å². The van der Waals surface area contributed by atoms with Gasteiger partial charge in [0, 0.05) is 38.3 Å². The maximum atomic E-state index is 12.1. The standard InChI is InChI=1S/C14H26N2O2/c1-5-6-12(2)13(17)16-9-7-15(8-10-16)11-14(3,4)18/h6,18H,5,7-11H2,1-4H3. The van der Waals surface area contributed by atoms with Gasteiger partial charge in [-0.2, -0.15) is 0 Å². The molecule has 4 heteroatoms. The van der Waals surface area contributed by atoms with Gasteiger partial charge in [-0.25, -0.2) is 0 Å². The van der Waals surface area contributed by atoms with E-state index < -0.39 is 5.60 Å². The molecule has 1 heterocycles. The molecule has 0 atom stereocenters. The second kappa shape index (κ2) is 6.34. The number of carbonyl (C=O) groups excluding carboxylic acids is 1. The summed E-state index contributed by atoms with van der Waals surface area (Å²) in [5.74, 6) is 0.153. The Morgan fingerprint density at radius 2 is 1.83 bits per heavy atom. The van der Waals surface area contributed by atoms with Gasteiger partial charge in [0.15, 0.2) is 0 Å². The van der Waals surface area contributed by atoms with Gasteiger partial charge in [0.25, 0.3) is 0 Å². The molecule has 1 fully saturated rings. The van der Waals surface area contributed by atoms with Crippen LogP contribution >= 0.6 is 0 Å². The summed E-state index contributed by atoms with van der Waals surface area (Å²) in [4.78, 5) is 16.2. The third-order valence-electron chi connectivity index (χ3n) is 3.12. The number of hydrogen-bond acceptors (Lipinski definition) is 3. The number of hydrogen-bond donors (Lipinski definition) is 1. The zero-order valence-electron chi connectivity index (χ0n) is 12.1. The molecular formula is C14H26N2O2. The highest BCUT2D eigenvalue weighted by atomic mass is 16.3. The van der Waals surface area contributed by atoms with Crippen molar-refractivity contribution in [3.8, 4) is 0 Å². The topological polar surface area (TPSA) is 43.8 Å². The lowest BCUT2D eigenvalue weighted by Gasteiger charge is -2.37. The van der Waals surface area contributed by atoms with Crippen molar-refractivity contribution in [3.05, 3.63) is 11.6 Å². The van der Waals surface area contributed by atoms with E-state index in [1.807, 2.05) is 38.7 Å². The van der Waals surface area contributed by atoms with Crippen LogP contribution < -0.4 is 0 Å². The Morgan fingerprint density at radius 3 is 2.28 bits per heavy atom. The highest BCUT2D eigenvalue weighted by Gasteiger charge is 2.25. The van der Waals surface area contributed by atoms with E-state index in [0.29, 0.717) is 6.54 Å². The predicted octanol–water partition coefficient (Wildman–Crippen LogP) is 1.26. The van der Waals surface area contributed by atoms with Crippen LogP contribution in [0, 0.1) is 0 Å². The lowest BCUT2D eigenvalue weighted by molar-refractivity contribution is -0.129. The summed E-state index contributed by atoms with van der Waals surface area (Å²) in [6.45, 7) is 11.4. The number of carbonyl (C=O) groups is 1. The Bertz CT molecular complexity index is 310. The minimum atomic E-state index is -0.662. The van der Waals surface area contributed by atoms with Crippen LogP contribution in [-0.2, 0) is 4.79 Å². The third-order valence-corrected chi connectivity index (χ3v) is 3.12. The SMILES string of the molecule is CCC=C(C)C(=O)N1CCN(CC(C)(C)O)CC1. The van der Waals surface area contributed by atoms with E-state index in [0.717, 1.165) is 38.2 Å². The van der Waals surface area contributed by atoms with E-state index >= 15 is 0 Å². The van der Waals surface area contributed by atoms with Gasteiger partial charge in [0.1, 0.15) is 0 Å². The Morgan fingerprint density at radius 1 is 1.28 bits per heavy atom. The molecule has 18 heavy (non-hydrogen) atoms. The molecule has 1 rings (SSSR count). The van der Waals surface area contributed by atoms with Gasteiger partial charge in [0.05, 0.1) is 5.60 Å². The van der Waals surface area contributed by atoms with E-state index in [2.05, 4.69) is 4.90 Å². The van der Waals surface area contributed by atoms with Crippen LogP contribution in [0.2, 0.25) is 0 Å². The molecule has 1 saturated heterocycles. The van der Waals surface area contributed by atoms with Gasteiger partial charge in [-0.3, -0.25) is 9.69 Å². The smallest absolute Gasteiger partial charge is 0.249 e. The Kier molecular flexibility index (Phi) is 5.35. The molecule has 0 unspecified atom stereocenters. The fraction of sp³-hybridized carbons (Fsp3) is 0.786. The molecule has 104 valence electrons. The van der Waals surface area contributed by atoms with Gasteiger partial charge in [-0.15, -0.1) is 0 Å². The quantitative estimate of drug-likeness (QED) is 0.768. The molecular weight excluding hydrogens is 228 g/mol. The summed E-state index contributed by atoms with van der Waals surface area (Å²) in [7, 11) is 0. The van der Waals surface area contributed by atoms with Gasteiger partial charge < -0.3 is 10.0 Å². The molecule has 0 aromatic rings. The minimum Gasteiger partial charge on any atom is -0.389 e.